The van der Waals surface area contributed by atoms with Crippen LogP contribution < -0.4 is 22.1 Å². The van der Waals surface area contributed by atoms with Crippen LogP contribution in [0, 0.1) is 10.8 Å². The second-order valence-electron chi connectivity index (χ2n) is 17.7. The number of anilines is 2. The molecule has 2 heterocycles. The van der Waals surface area contributed by atoms with E-state index in [1.165, 1.54) is 12.1 Å². The van der Waals surface area contributed by atoms with Crippen molar-refractivity contribution >= 4 is 68.9 Å². The van der Waals surface area contributed by atoms with Crippen molar-refractivity contribution in [2.24, 2.45) is 11.5 Å². The Morgan fingerprint density at radius 3 is 1.28 bits per heavy atom. The standard InChI is InChI=1S/2C30H25N5O4/c31-28(32)20-10-12-21(13-11-20)34-29(36)25-14-26-27(15-24(25)22-8-4-5-9-23(22)30(37)38)35(17-33-26)18-39-16-19-6-2-1-3-7-19;31-28(32)20-10-12-21(13-11-20)34-29(36)25-15-27-26(14-24(25)22-8-4-5-9-23(22)30(37)38)33-17-35(27)18-39-16-19-6-2-1-3-7-19/h2*1-15,17H,16,18H2,(H3,31,32)(H,34,36)(H,37,38). The van der Waals surface area contributed by atoms with Gasteiger partial charge in [-0.05, 0) is 118 Å². The first-order valence-electron chi connectivity index (χ1n) is 24.2. The molecule has 2 amide bonds. The zero-order chi connectivity index (χ0) is 54.7. The largest absolute Gasteiger partial charge is 0.478 e. The summed E-state index contributed by atoms with van der Waals surface area (Å²) < 4.78 is 15.4. The number of benzene rings is 8. The van der Waals surface area contributed by atoms with Crippen molar-refractivity contribution in [3.8, 4) is 22.3 Å². The average molecular weight is 1040 g/mol. The number of imidazole rings is 2. The first-order chi connectivity index (χ1) is 37.8. The number of hydrogen-bond acceptors (Lipinski definition) is 10. The van der Waals surface area contributed by atoms with E-state index in [9.17, 15) is 29.4 Å². The van der Waals surface area contributed by atoms with E-state index in [1.54, 1.807) is 126 Å². The number of carbonyl (C=O) groups excluding carboxylic acids is 2. The van der Waals surface area contributed by atoms with Gasteiger partial charge in [-0.1, -0.05) is 97.1 Å². The number of amidine groups is 2. The summed E-state index contributed by atoms with van der Waals surface area (Å²) in [4.78, 5) is 60.1. The Labute approximate surface area is 446 Å². The number of carboxylic acid groups (broad SMARTS) is 2. The molecule has 18 nitrogen and oxygen atoms in total. The third-order valence-corrected chi connectivity index (χ3v) is 12.5. The maximum Gasteiger partial charge on any atom is 0.336 e. The van der Waals surface area contributed by atoms with Gasteiger partial charge in [0, 0.05) is 33.6 Å². The number of carboxylic acids is 2. The Morgan fingerprint density at radius 1 is 0.462 bits per heavy atom. The second kappa shape index (κ2) is 23.8. The molecule has 0 aliphatic rings. The summed E-state index contributed by atoms with van der Waals surface area (Å²) in [5, 5.41) is 40.5. The number of amides is 2. The highest BCUT2D eigenvalue weighted by atomic mass is 16.5. The molecule has 2 aromatic heterocycles. The van der Waals surface area contributed by atoms with Gasteiger partial charge >= 0.3 is 11.9 Å². The molecule has 0 unspecified atom stereocenters. The summed E-state index contributed by atoms with van der Waals surface area (Å²) in [5.41, 5.74) is 20.1. The van der Waals surface area contributed by atoms with Crippen molar-refractivity contribution in [1.29, 1.82) is 10.8 Å². The number of carbonyl (C=O) groups is 4. The number of nitrogens with one attached hydrogen (secondary N) is 4. The Balaban J connectivity index is 0.000000190. The molecule has 0 fully saturated rings. The first kappa shape index (κ1) is 52.3. The summed E-state index contributed by atoms with van der Waals surface area (Å²) in [6, 6.07) is 52.7. The van der Waals surface area contributed by atoms with Crippen LogP contribution in [0.25, 0.3) is 44.3 Å². The minimum Gasteiger partial charge on any atom is -0.478 e. The third kappa shape index (κ3) is 12.2. The Hall–Kier alpha value is -10.6. The molecule has 0 atom stereocenters. The fourth-order valence-electron chi connectivity index (χ4n) is 8.58. The number of nitrogens with zero attached hydrogens (tertiary/aromatic N) is 4. The van der Waals surface area contributed by atoms with Crippen LogP contribution >= 0.6 is 0 Å². The zero-order valence-corrected chi connectivity index (χ0v) is 41.6. The maximum atomic E-state index is 13.6. The van der Waals surface area contributed by atoms with Crippen LogP contribution in [-0.2, 0) is 36.1 Å². The van der Waals surface area contributed by atoms with E-state index in [0.29, 0.717) is 80.0 Å². The SMILES string of the molecule is N=C(N)c1ccc(NC(=O)c2cc3c(cc2-c2ccccc2C(=O)O)ncn3COCc2ccccc2)cc1.N=C(N)c1ccc(NC(=O)c2cc3ncn(COCc4ccccc4)c3cc2-c2ccccc2C(=O)O)cc1. The van der Waals surface area contributed by atoms with E-state index < -0.39 is 23.8 Å². The lowest BCUT2D eigenvalue weighted by Gasteiger charge is -2.14. The van der Waals surface area contributed by atoms with Crippen molar-refractivity contribution in [3.63, 3.8) is 0 Å². The number of aromatic nitrogens is 4. The molecule has 0 spiro atoms. The van der Waals surface area contributed by atoms with Gasteiger partial charge < -0.3 is 50.9 Å². The highest BCUT2D eigenvalue weighted by Crippen LogP contribution is 2.34. The van der Waals surface area contributed by atoms with Gasteiger partial charge in [-0.3, -0.25) is 20.4 Å². The highest BCUT2D eigenvalue weighted by molar-refractivity contribution is 6.14. The van der Waals surface area contributed by atoms with Crippen LogP contribution in [-0.4, -0.2) is 64.7 Å². The molecule has 0 aliphatic carbocycles. The molecular formula is C60H50N10O8. The number of nitrogen functional groups attached to an aromatic ring is 2. The molecule has 18 heteroatoms. The minimum absolute atomic E-state index is 0.0716. The number of fused-ring (bicyclic) bond motifs is 2. The van der Waals surface area contributed by atoms with Gasteiger partial charge in [0.05, 0.1) is 59.1 Å². The Kier molecular flexibility index (Phi) is 15.9. The zero-order valence-electron chi connectivity index (χ0n) is 41.6. The van der Waals surface area contributed by atoms with E-state index in [0.717, 1.165) is 11.1 Å². The smallest absolute Gasteiger partial charge is 0.336 e. The number of rotatable bonds is 18. The molecule has 0 saturated heterocycles. The average Bonchev–Trinajstić information content (AvgIpc) is 4.21. The number of ether oxygens (including phenoxy) is 2. The van der Waals surface area contributed by atoms with Gasteiger partial charge in [-0.25, -0.2) is 19.6 Å². The van der Waals surface area contributed by atoms with Crippen LogP contribution in [0.3, 0.4) is 0 Å². The van der Waals surface area contributed by atoms with Crippen LogP contribution in [0.4, 0.5) is 11.4 Å². The Morgan fingerprint density at radius 2 is 0.846 bits per heavy atom. The number of nitrogens with two attached hydrogens (primary N) is 2. The van der Waals surface area contributed by atoms with E-state index in [1.807, 2.05) is 65.2 Å². The monoisotopic (exact) mass is 1040 g/mol. The van der Waals surface area contributed by atoms with Gasteiger partial charge in [0.2, 0.25) is 0 Å². The molecule has 10 aromatic rings. The molecular weight excluding hydrogens is 989 g/mol. The molecule has 10 N–H and O–H groups in total. The quantitative estimate of drug-likeness (QED) is 0.0294. The predicted molar refractivity (Wildman–Crippen MR) is 298 cm³/mol. The molecule has 388 valence electrons. The van der Waals surface area contributed by atoms with Gasteiger partial charge in [0.25, 0.3) is 11.8 Å². The molecule has 0 bridgehead atoms. The molecule has 8 aromatic carbocycles. The lowest BCUT2D eigenvalue weighted by atomic mass is 9.94. The molecule has 10 rings (SSSR count). The summed E-state index contributed by atoms with van der Waals surface area (Å²) >= 11 is 0. The van der Waals surface area contributed by atoms with Crippen molar-refractivity contribution < 1.29 is 38.9 Å². The first-order valence-corrected chi connectivity index (χ1v) is 24.2. The lowest BCUT2D eigenvalue weighted by molar-refractivity contribution is 0.0664. The van der Waals surface area contributed by atoms with Gasteiger partial charge in [0.1, 0.15) is 25.1 Å². The molecule has 78 heavy (non-hydrogen) atoms. The maximum absolute atomic E-state index is 13.6. The fraction of sp³-hybridized carbons (Fsp3) is 0.0667. The number of aromatic carboxylic acids is 2. The van der Waals surface area contributed by atoms with Gasteiger partial charge in [-0.2, -0.15) is 0 Å². The van der Waals surface area contributed by atoms with Crippen molar-refractivity contribution in [3.05, 3.63) is 239 Å². The fourth-order valence-corrected chi connectivity index (χ4v) is 8.58. The summed E-state index contributed by atoms with van der Waals surface area (Å²) in [6.07, 6.45) is 3.26. The lowest BCUT2D eigenvalue weighted by Crippen LogP contribution is -2.15. The summed E-state index contributed by atoms with van der Waals surface area (Å²) in [7, 11) is 0. The summed E-state index contributed by atoms with van der Waals surface area (Å²) in [5.74, 6) is -3.21. The van der Waals surface area contributed by atoms with Gasteiger partial charge in [-0.15, -0.1) is 0 Å². The van der Waals surface area contributed by atoms with Crippen molar-refractivity contribution in [2.45, 2.75) is 26.7 Å². The number of hydrogen-bond donors (Lipinski definition) is 8. The van der Waals surface area contributed by atoms with E-state index in [-0.39, 0.29) is 47.4 Å². The molecule has 0 aliphatic heterocycles. The van der Waals surface area contributed by atoms with E-state index >= 15 is 0 Å². The normalized spacial score (nSPS) is 10.9. The topological polar surface area (TPSA) is 287 Å². The van der Waals surface area contributed by atoms with E-state index in [2.05, 4.69) is 20.6 Å². The van der Waals surface area contributed by atoms with Gasteiger partial charge in [0.15, 0.2) is 0 Å². The van der Waals surface area contributed by atoms with Crippen LogP contribution in [0.15, 0.2) is 195 Å². The van der Waals surface area contributed by atoms with Crippen molar-refractivity contribution in [2.75, 3.05) is 10.6 Å². The molecule has 0 radical (unpaired) electrons. The minimum atomic E-state index is -1.10. The predicted octanol–water partition coefficient (Wildman–Crippen LogP) is 10.2. The highest BCUT2D eigenvalue weighted by Gasteiger charge is 2.23. The summed E-state index contributed by atoms with van der Waals surface area (Å²) in [6.45, 7) is 1.26. The second-order valence-corrected chi connectivity index (χ2v) is 17.7. The van der Waals surface area contributed by atoms with Crippen molar-refractivity contribution in [1.82, 2.24) is 19.1 Å². The van der Waals surface area contributed by atoms with Crippen LogP contribution in [0.2, 0.25) is 0 Å². The third-order valence-electron chi connectivity index (χ3n) is 12.5. The van der Waals surface area contributed by atoms with Crippen LogP contribution in [0.1, 0.15) is 63.7 Å². The van der Waals surface area contributed by atoms with E-state index in [4.69, 9.17) is 31.8 Å². The van der Waals surface area contributed by atoms with Crippen LogP contribution in [0.5, 0.6) is 0 Å². The molecule has 0 saturated carbocycles. The Bertz CT molecular complexity index is 3860.